The first kappa shape index (κ1) is 14.7. The number of nitrogens with zero attached hydrogens (tertiary/aromatic N) is 1. The molecule has 1 aromatic carbocycles. The summed E-state index contributed by atoms with van der Waals surface area (Å²) in [5.74, 6) is 0.559. The fraction of sp³-hybridized carbons (Fsp3) is 0.562. The molecule has 1 aromatic rings. The van der Waals surface area contributed by atoms with Crippen molar-refractivity contribution in [3.05, 3.63) is 29.8 Å². The van der Waals surface area contributed by atoms with Crippen LogP contribution in [-0.2, 0) is 10.2 Å². The van der Waals surface area contributed by atoms with Gasteiger partial charge in [-0.25, -0.2) is 0 Å². The molecule has 1 amide bonds. The van der Waals surface area contributed by atoms with Crippen LogP contribution in [-0.4, -0.2) is 12.5 Å². The lowest BCUT2D eigenvalue weighted by atomic mass is 9.74. The smallest absolute Gasteiger partial charge is 0.237 e. The monoisotopic (exact) mass is 247 g/mol. The van der Waals surface area contributed by atoms with E-state index in [0.717, 1.165) is 12.2 Å². The van der Waals surface area contributed by atoms with Crippen molar-refractivity contribution in [3.8, 4) is 0 Å². The highest BCUT2D eigenvalue weighted by atomic mass is 16.2. The third-order valence-electron chi connectivity index (χ3n) is 3.91. The van der Waals surface area contributed by atoms with E-state index in [1.807, 2.05) is 43.9 Å². The molecule has 2 rings (SSSR count). The van der Waals surface area contributed by atoms with E-state index in [-0.39, 0.29) is 11.3 Å². The standard InChI is InChI=1S/C14H19NO.C2H6/c1-5-15-12-9-7-6-8-11(12)14(4,10(2)3)13(15)16;1-2/h6-10H,5H2,1-4H3;1-2H3. The topological polar surface area (TPSA) is 20.3 Å². The Labute approximate surface area is 111 Å². The van der Waals surface area contributed by atoms with Gasteiger partial charge in [0.05, 0.1) is 5.41 Å². The van der Waals surface area contributed by atoms with Crippen LogP contribution in [0.5, 0.6) is 0 Å². The maximum atomic E-state index is 12.5. The zero-order chi connectivity index (χ0) is 13.9. The summed E-state index contributed by atoms with van der Waals surface area (Å²) in [5.41, 5.74) is 1.91. The molecule has 0 spiro atoms. The number of hydrogen-bond donors (Lipinski definition) is 0. The Morgan fingerprint density at radius 1 is 1.22 bits per heavy atom. The van der Waals surface area contributed by atoms with Gasteiger partial charge < -0.3 is 4.90 Å². The van der Waals surface area contributed by atoms with Crippen LogP contribution in [0.15, 0.2) is 24.3 Å². The van der Waals surface area contributed by atoms with Crippen LogP contribution < -0.4 is 4.90 Å². The molecule has 1 aliphatic rings. The molecule has 1 unspecified atom stereocenters. The number of amides is 1. The molecule has 2 heteroatoms. The van der Waals surface area contributed by atoms with Gasteiger partial charge in [-0.3, -0.25) is 4.79 Å². The van der Waals surface area contributed by atoms with Gasteiger partial charge in [0.1, 0.15) is 0 Å². The number of benzene rings is 1. The molecule has 0 bridgehead atoms. The molecule has 1 atom stereocenters. The number of carbonyl (C=O) groups excluding carboxylic acids is 1. The Bertz CT molecular complexity index is 425. The maximum Gasteiger partial charge on any atom is 0.237 e. The summed E-state index contributed by atoms with van der Waals surface area (Å²) < 4.78 is 0. The van der Waals surface area contributed by atoms with Crippen molar-refractivity contribution in [1.82, 2.24) is 0 Å². The van der Waals surface area contributed by atoms with Crippen molar-refractivity contribution in [1.29, 1.82) is 0 Å². The van der Waals surface area contributed by atoms with Crippen molar-refractivity contribution in [2.45, 2.75) is 47.0 Å². The third kappa shape index (κ3) is 1.94. The van der Waals surface area contributed by atoms with E-state index >= 15 is 0 Å². The van der Waals surface area contributed by atoms with Crippen LogP contribution in [0.3, 0.4) is 0 Å². The number of carbonyl (C=O) groups is 1. The Balaban J connectivity index is 0.000000771. The number of anilines is 1. The zero-order valence-corrected chi connectivity index (χ0v) is 12.4. The SMILES string of the molecule is CC.CCN1C(=O)C(C)(C(C)C)c2ccccc21. The predicted octanol–water partition coefficient (Wildman–Crippen LogP) is 3.99. The Kier molecular flexibility index (Phi) is 4.55. The van der Waals surface area contributed by atoms with Crippen LogP contribution >= 0.6 is 0 Å². The lowest BCUT2D eigenvalue weighted by Gasteiger charge is -2.28. The number of para-hydroxylation sites is 1. The average molecular weight is 247 g/mol. The van der Waals surface area contributed by atoms with Crippen molar-refractivity contribution < 1.29 is 4.79 Å². The Morgan fingerprint density at radius 2 is 1.78 bits per heavy atom. The van der Waals surface area contributed by atoms with E-state index in [2.05, 4.69) is 26.8 Å². The highest BCUT2D eigenvalue weighted by Gasteiger charge is 2.48. The minimum Gasteiger partial charge on any atom is -0.312 e. The first-order chi connectivity index (χ1) is 8.53. The van der Waals surface area contributed by atoms with Gasteiger partial charge in [-0.15, -0.1) is 0 Å². The van der Waals surface area contributed by atoms with Crippen molar-refractivity contribution in [2.75, 3.05) is 11.4 Å². The van der Waals surface area contributed by atoms with Gasteiger partial charge in [-0.05, 0) is 31.4 Å². The highest BCUT2D eigenvalue weighted by Crippen LogP contribution is 2.45. The summed E-state index contributed by atoms with van der Waals surface area (Å²) in [6.07, 6.45) is 0. The first-order valence-electron chi connectivity index (χ1n) is 6.95. The molecule has 1 heterocycles. The van der Waals surface area contributed by atoms with E-state index in [1.165, 1.54) is 5.56 Å². The summed E-state index contributed by atoms with van der Waals surface area (Å²) in [4.78, 5) is 14.4. The van der Waals surface area contributed by atoms with Crippen molar-refractivity contribution in [3.63, 3.8) is 0 Å². The van der Waals surface area contributed by atoms with Crippen molar-refractivity contribution in [2.24, 2.45) is 5.92 Å². The second-order valence-electron chi connectivity index (χ2n) is 4.92. The Morgan fingerprint density at radius 3 is 2.28 bits per heavy atom. The molecule has 0 saturated heterocycles. The van der Waals surface area contributed by atoms with Crippen LogP contribution in [0.1, 0.15) is 47.1 Å². The zero-order valence-electron chi connectivity index (χ0n) is 12.4. The lowest BCUT2D eigenvalue weighted by molar-refractivity contribution is -0.124. The van der Waals surface area contributed by atoms with Gasteiger partial charge in [0, 0.05) is 12.2 Å². The second kappa shape index (κ2) is 5.55. The Hall–Kier alpha value is -1.31. The second-order valence-corrected chi connectivity index (χ2v) is 4.92. The van der Waals surface area contributed by atoms with Crippen LogP contribution in [0.25, 0.3) is 0 Å². The number of rotatable bonds is 2. The first-order valence-corrected chi connectivity index (χ1v) is 6.95. The van der Waals surface area contributed by atoms with Gasteiger partial charge in [-0.1, -0.05) is 45.9 Å². The molecule has 0 aromatic heterocycles. The van der Waals surface area contributed by atoms with E-state index in [9.17, 15) is 4.79 Å². The molecule has 0 aliphatic carbocycles. The van der Waals surface area contributed by atoms with E-state index < -0.39 is 0 Å². The van der Waals surface area contributed by atoms with Crippen LogP contribution in [0, 0.1) is 5.92 Å². The van der Waals surface area contributed by atoms with Crippen LogP contribution in [0.4, 0.5) is 5.69 Å². The van der Waals surface area contributed by atoms with Crippen LogP contribution in [0.2, 0.25) is 0 Å². The number of hydrogen-bond acceptors (Lipinski definition) is 1. The van der Waals surface area contributed by atoms with E-state index in [0.29, 0.717) is 5.92 Å². The quantitative estimate of drug-likeness (QED) is 0.773. The number of likely N-dealkylation sites (N-methyl/N-ethyl adjacent to an activating group) is 1. The molecule has 0 fully saturated rings. The molecule has 0 N–H and O–H groups in total. The summed E-state index contributed by atoms with van der Waals surface area (Å²) in [6.45, 7) is 13.1. The molecule has 0 radical (unpaired) electrons. The molecule has 1 aliphatic heterocycles. The summed E-state index contributed by atoms with van der Waals surface area (Å²) in [6, 6.07) is 8.15. The normalized spacial score (nSPS) is 21.7. The molecular formula is C16H25NO. The van der Waals surface area contributed by atoms with Gasteiger partial charge in [-0.2, -0.15) is 0 Å². The molecule has 2 nitrogen and oxygen atoms in total. The van der Waals surface area contributed by atoms with Gasteiger partial charge in [0.25, 0.3) is 0 Å². The minimum absolute atomic E-state index is 0.242. The van der Waals surface area contributed by atoms with E-state index in [1.54, 1.807) is 0 Å². The van der Waals surface area contributed by atoms with Crippen molar-refractivity contribution >= 4 is 11.6 Å². The lowest BCUT2D eigenvalue weighted by Crippen LogP contribution is -2.41. The number of fused-ring (bicyclic) bond motifs is 1. The molecule has 0 saturated carbocycles. The average Bonchev–Trinajstić information content (AvgIpc) is 2.62. The maximum absolute atomic E-state index is 12.5. The summed E-state index contributed by atoms with van der Waals surface area (Å²) >= 11 is 0. The van der Waals surface area contributed by atoms with E-state index in [4.69, 9.17) is 0 Å². The largest absolute Gasteiger partial charge is 0.312 e. The summed E-state index contributed by atoms with van der Waals surface area (Å²) in [7, 11) is 0. The molecule has 100 valence electrons. The molecular weight excluding hydrogens is 222 g/mol. The summed E-state index contributed by atoms with van der Waals surface area (Å²) in [5, 5.41) is 0. The minimum atomic E-state index is -0.355. The highest BCUT2D eigenvalue weighted by molar-refractivity contribution is 6.07. The fourth-order valence-corrected chi connectivity index (χ4v) is 2.53. The van der Waals surface area contributed by atoms with Gasteiger partial charge >= 0.3 is 0 Å². The molecule has 18 heavy (non-hydrogen) atoms. The third-order valence-corrected chi connectivity index (χ3v) is 3.91. The van der Waals surface area contributed by atoms with Gasteiger partial charge in [0.15, 0.2) is 0 Å². The van der Waals surface area contributed by atoms with Gasteiger partial charge in [0.2, 0.25) is 5.91 Å². The fourth-order valence-electron chi connectivity index (χ4n) is 2.53. The predicted molar refractivity (Wildman–Crippen MR) is 78.0 cm³/mol.